The normalized spacial score (nSPS) is 34.0. The lowest BCUT2D eigenvalue weighted by Gasteiger charge is -2.55. The van der Waals surface area contributed by atoms with Crippen LogP contribution in [0, 0.1) is 5.41 Å². The summed E-state index contributed by atoms with van der Waals surface area (Å²) in [4.78, 5) is 0. The summed E-state index contributed by atoms with van der Waals surface area (Å²) in [6.45, 7) is 3.07. The molecule has 0 amide bonds. The lowest BCUT2D eigenvalue weighted by molar-refractivity contribution is -0.206. The number of aliphatic hydroxyl groups is 1. The van der Waals surface area contributed by atoms with Crippen molar-refractivity contribution >= 4 is 0 Å². The minimum atomic E-state index is -0.0792. The monoisotopic (exact) mass is 212 g/mol. The average molecular weight is 212 g/mol. The molecule has 0 aromatic heterocycles. The van der Waals surface area contributed by atoms with Crippen molar-refractivity contribution in [3.05, 3.63) is 0 Å². The highest BCUT2D eigenvalue weighted by atomic mass is 16.5. The molecule has 2 rings (SSSR count). The molecule has 0 aromatic rings. The number of hydrogen-bond acceptors (Lipinski definition) is 2. The number of rotatable bonds is 4. The smallest absolute Gasteiger partial charge is 0.0680 e. The quantitative estimate of drug-likeness (QED) is 0.726. The van der Waals surface area contributed by atoms with Crippen LogP contribution in [0.5, 0.6) is 0 Å². The van der Waals surface area contributed by atoms with Crippen LogP contribution < -0.4 is 0 Å². The van der Waals surface area contributed by atoms with Crippen LogP contribution in [0.25, 0.3) is 0 Å². The van der Waals surface area contributed by atoms with Crippen LogP contribution in [0.3, 0.4) is 0 Å². The highest BCUT2D eigenvalue weighted by Gasteiger charge is 2.54. The van der Waals surface area contributed by atoms with Gasteiger partial charge in [-0.05, 0) is 19.3 Å². The Kier molecular flexibility index (Phi) is 3.68. The van der Waals surface area contributed by atoms with Gasteiger partial charge in [0, 0.05) is 18.4 Å². The second-order valence-corrected chi connectivity index (χ2v) is 5.26. The first-order valence-corrected chi connectivity index (χ1v) is 6.59. The van der Waals surface area contributed by atoms with Crippen LogP contribution in [-0.2, 0) is 4.74 Å². The zero-order valence-electron chi connectivity index (χ0n) is 9.87. The molecule has 0 heterocycles. The molecule has 2 nitrogen and oxygen atoms in total. The van der Waals surface area contributed by atoms with Crippen LogP contribution in [-0.4, -0.2) is 23.9 Å². The van der Waals surface area contributed by atoms with E-state index in [2.05, 4.69) is 6.92 Å². The molecule has 2 aliphatic rings. The highest BCUT2D eigenvalue weighted by Crippen LogP contribution is 2.53. The molecule has 0 saturated heterocycles. The third-order valence-corrected chi connectivity index (χ3v) is 4.34. The van der Waals surface area contributed by atoms with Gasteiger partial charge in [0.1, 0.15) is 0 Å². The largest absolute Gasteiger partial charge is 0.392 e. The predicted octanol–water partition coefficient (Wildman–Crippen LogP) is 2.89. The van der Waals surface area contributed by atoms with Crippen LogP contribution in [0.4, 0.5) is 0 Å². The molecule has 88 valence electrons. The summed E-state index contributed by atoms with van der Waals surface area (Å²) in [5.74, 6) is 0. The summed E-state index contributed by atoms with van der Waals surface area (Å²) in [5.41, 5.74) is 0.159. The molecule has 2 heteroatoms. The van der Waals surface area contributed by atoms with Gasteiger partial charge in [0.2, 0.25) is 0 Å². The molecule has 2 unspecified atom stereocenters. The van der Waals surface area contributed by atoms with Gasteiger partial charge in [0.15, 0.2) is 0 Å². The Balaban J connectivity index is 1.84. The average Bonchev–Trinajstić information content (AvgIpc) is 2.29. The maximum absolute atomic E-state index is 9.97. The van der Waals surface area contributed by atoms with Crippen molar-refractivity contribution in [3.8, 4) is 0 Å². The fourth-order valence-electron chi connectivity index (χ4n) is 3.20. The van der Waals surface area contributed by atoms with E-state index in [-0.39, 0.29) is 11.5 Å². The van der Waals surface area contributed by atoms with E-state index in [1.165, 1.54) is 38.5 Å². The van der Waals surface area contributed by atoms with Gasteiger partial charge >= 0.3 is 0 Å². The predicted molar refractivity (Wildman–Crippen MR) is 60.8 cm³/mol. The van der Waals surface area contributed by atoms with Gasteiger partial charge in [-0.2, -0.15) is 0 Å². The summed E-state index contributed by atoms with van der Waals surface area (Å²) in [6.07, 6.45) is 9.79. The molecule has 2 fully saturated rings. The van der Waals surface area contributed by atoms with E-state index in [0.29, 0.717) is 6.10 Å². The van der Waals surface area contributed by atoms with E-state index in [4.69, 9.17) is 4.74 Å². The Bertz CT molecular complexity index is 197. The second-order valence-electron chi connectivity index (χ2n) is 5.26. The van der Waals surface area contributed by atoms with E-state index in [0.717, 1.165) is 19.4 Å². The second kappa shape index (κ2) is 4.84. The highest BCUT2D eigenvalue weighted by molar-refractivity contribution is 5.05. The lowest BCUT2D eigenvalue weighted by atomic mass is 9.56. The van der Waals surface area contributed by atoms with Gasteiger partial charge in [-0.15, -0.1) is 0 Å². The van der Waals surface area contributed by atoms with Gasteiger partial charge in [0.25, 0.3) is 0 Å². The molecule has 0 aliphatic heterocycles. The molecular weight excluding hydrogens is 188 g/mol. The third-order valence-electron chi connectivity index (χ3n) is 4.34. The molecule has 0 bridgehead atoms. The van der Waals surface area contributed by atoms with Gasteiger partial charge in [-0.3, -0.25) is 0 Å². The Morgan fingerprint density at radius 3 is 2.60 bits per heavy atom. The van der Waals surface area contributed by atoms with E-state index >= 15 is 0 Å². The molecule has 15 heavy (non-hydrogen) atoms. The molecule has 0 aromatic carbocycles. The van der Waals surface area contributed by atoms with E-state index < -0.39 is 0 Å². The summed E-state index contributed by atoms with van der Waals surface area (Å²) >= 11 is 0. The SMILES string of the molecule is CCCCOC1CC(O)C12CCCCC2. The van der Waals surface area contributed by atoms with Crippen molar-refractivity contribution in [2.24, 2.45) is 5.41 Å². The summed E-state index contributed by atoms with van der Waals surface area (Å²) < 4.78 is 5.92. The zero-order chi connectivity index (χ0) is 10.7. The Hall–Kier alpha value is -0.0800. The van der Waals surface area contributed by atoms with Gasteiger partial charge in [-0.25, -0.2) is 0 Å². The molecule has 1 N–H and O–H groups in total. The first-order chi connectivity index (χ1) is 7.29. The fraction of sp³-hybridized carbons (Fsp3) is 1.00. The molecule has 2 saturated carbocycles. The lowest BCUT2D eigenvalue weighted by Crippen LogP contribution is -2.59. The van der Waals surface area contributed by atoms with E-state index in [9.17, 15) is 5.11 Å². The molecule has 1 spiro atoms. The van der Waals surface area contributed by atoms with Gasteiger partial charge in [0.05, 0.1) is 12.2 Å². The van der Waals surface area contributed by atoms with Gasteiger partial charge in [-0.1, -0.05) is 32.6 Å². The number of hydrogen-bond donors (Lipinski definition) is 1. The van der Waals surface area contributed by atoms with Crippen molar-refractivity contribution in [2.75, 3.05) is 6.61 Å². The Labute approximate surface area is 93.0 Å². The maximum Gasteiger partial charge on any atom is 0.0680 e. The first kappa shape index (κ1) is 11.4. The number of ether oxygens (including phenoxy) is 1. The van der Waals surface area contributed by atoms with Crippen molar-refractivity contribution in [1.82, 2.24) is 0 Å². The standard InChI is InChI=1S/C13H24O2/c1-2-3-9-15-12-10-11(14)13(12)7-5-4-6-8-13/h11-12,14H,2-10H2,1H3. The van der Waals surface area contributed by atoms with Crippen molar-refractivity contribution < 1.29 is 9.84 Å². The topological polar surface area (TPSA) is 29.5 Å². The van der Waals surface area contributed by atoms with Crippen LogP contribution in [0.2, 0.25) is 0 Å². The molecule has 0 radical (unpaired) electrons. The van der Waals surface area contributed by atoms with Gasteiger partial charge < -0.3 is 9.84 Å². The van der Waals surface area contributed by atoms with Crippen LogP contribution >= 0.6 is 0 Å². The number of unbranched alkanes of at least 4 members (excludes halogenated alkanes) is 1. The van der Waals surface area contributed by atoms with Crippen molar-refractivity contribution in [2.45, 2.75) is 70.5 Å². The van der Waals surface area contributed by atoms with Crippen LogP contribution in [0.15, 0.2) is 0 Å². The van der Waals surface area contributed by atoms with E-state index in [1.807, 2.05) is 0 Å². The molecular formula is C13H24O2. The molecule has 2 atom stereocenters. The van der Waals surface area contributed by atoms with Crippen LogP contribution in [0.1, 0.15) is 58.3 Å². The Morgan fingerprint density at radius 1 is 1.27 bits per heavy atom. The summed E-state index contributed by atoms with van der Waals surface area (Å²) in [5, 5.41) is 9.97. The number of aliphatic hydroxyl groups excluding tert-OH is 1. The Morgan fingerprint density at radius 2 is 2.00 bits per heavy atom. The fourth-order valence-corrected chi connectivity index (χ4v) is 3.20. The molecule has 2 aliphatic carbocycles. The maximum atomic E-state index is 9.97. The summed E-state index contributed by atoms with van der Waals surface area (Å²) in [7, 11) is 0. The first-order valence-electron chi connectivity index (χ1n) is 6.59. The zero-order valence-corrected chi connectivity index (χ0v) is 9.87. The third kappa shape index (κ3) is 2.07. The minimum Gasteiger partial charge on any atom is -0.392 e. The van der Waals surface area contributed by atoms with Crippen molar-refractivity contribution in [1.29, 1.82) is 0 Å². The summed E-state index contributed by atoms with van der Waals surface area (Å²) in [6, 6.07) is 0. The van der Waals surface area contributed by atoms with E-state index in [1.54, 1.807) is 0 Å². The van der Waals surface area contributed by atoms with Crippen molar-refractivity contribution in [3.63, 3.8) is 0 Å². The minimum absolute atomic E-state index is 0.0792.